The highest BCUT2D eigenvalue weighted by Gasteiger charge is 2.06. The van der Waals surface area contributed by atoms with Crippen LogP contribution in [0.2, 0.25) is 0 Å². The Bertz CT molecular complexity index is 826. The maximum absolute atomic E-state index is 11.7. The zero-order chi connectivity index (χ0) is 18.9. The van der Waals surface area contributed by atoms with Crippen LogP contribution in [-0.2, 0) is 9.59 Å². The van der Waals surface area contributed by atoms with Crippen molar-refractivity contribution < 1.29 is 14.3 Å². The Morgan fingerprint density at radius 3 is 2.35 bits per heavy atom. The maximum atomic E-state index is 11.7. The summed E-state index contributed by atoms with van der Waals surface area (Å²) >= 11 is 0. The first-order valence-corrected chi connectivity index (χ1v) is 7.99. The summed E-state index contributed by atoms with van der Waals surface area (Å²) in [7, 11) is 0. The van der Waals surface area contributed by atoms with Gasteiger partial charge in [-0.2, -0.15) is 5.26 Å². The lowest BCUT2D eigenvalue weighted by molar-refractivity contribution is -0.129. The number of anilines is 1. The molecule has 0 spiro atoms. The van der Waals surface area contributed by atoms with Gasteiger partial charge in [0.1, 0.15) is 5.75 Å². The van der Waals surface area contributed by atoms with Crippen molar-refractivity contribution in [3.63, 3.8) is 0 Å². The number of hydrogen-bond donors (Lipinski definition) is 3. The summed E-state index contributed by atoms with van der Waals surface area (Å²) in [5.41, 5.74) is 8.04. The highest BCUT2D eigenvalue weighted by Crippen LogP contribution is 2.16. The second-order valence-corrected chi connectivity index (χ2v) is 5.67. The van der Waals surface area contributed by atoms with E-state index in [0.29, 0.717) is 17.0 Å². The van der Waals surface area contributed by atoms with Gasteiger partial charge in [0, 0.05) is 5.69 Å². The number of amides is 2. The van der Waals surface area contributed by atoms with Crippen LogP contribution in [0.5, 0.6) is 5.75 Å². The minimum absolute atomic E-state index is 0.0236. The molecule has 0 saturated heterocycles. The molecule has 2 aromatic rings. The van der Waals surface area contributed by atoms with Crippen molar-refractivity contribution in [3.05, 3.63) is 59.2 Å². The predicted octanol–water partition coefficient (Wildman–Crippen LogP) is 1.81. The molecule has 0 radical (unpaired) electrons. The van der Waals surface area contributed by atoms with Gasteiger partial charge in [-0.3, -0.25) is 20.4 Å². The Balaban J connectivity index is 1.68. The van der Waals surface area contributed by atoms with Crippen molar-refractivity contribution in [2.75, 3.05) is 18.5 Å². The summed E-state index contributed by atoms with van der Waals surface area (Å²) in [5.74, 6) is -0.277. The normalized spacial score (nSPS) is 9.73. The molecule has 0 unspecified atom stereocenters. The molecule has 0 aliphatic heterocycles. The molecule has 0 bridgehead atoms. The molecule has 0 fully saturated rings. The monoisotopic (exact) mass is 352 g/mol. The van der Waals surface area contributed by atoms with Gasteiger partial charge in [-0.05, 0) is 61.4 Å². The lowest BCUT2D eigenvalue weighted by Crippen LogP contribution is -2.45. The van der Waals surface area contributed by atoms with Crippen molar-refractivity contribution in [2.24, 2.45) is 0 Å². The fourth-order valence-corrected chi connectivity index (χ4v) is 2.02. The van der Waals surface area contributed by atoms with Crippen LogP contribution in [-0.4, -0.2) is 25.0 Å². The Hall–Kier alpha value is -3.53. The van der Waals surface area contributed by atoms with Gasteiger partial charge in [0.25, 0.3) is 11.8 Å². The molecule has 26 heavy (non-hydrogen) atoms. The van der Waals surface area contributed by atoms with Gasteiger partial charge in [-0.1, -0.05) is 6.07 Å². The third-order valence-corrected chi connectivity index (χ3v) is 3.66. The molecule has 2 aromatic carbocycles. The number of carbonyl (C=O) groups is 2. The van der Waals surface area contributed by atoms with Crippen molar-refractivity contribution in [2.45, 2.75) is 13.8 Å². The minimum Gasteiger partial charge on any atom is -0.484 e. The summed E-state index contributed by atoms with van der Waals surface area (Å²) in [6, 6.07) is 14.3. The first-order chi connectivity index (χ1) is 12.5. The second kappa shape index (κ2) is 9.08. The topological polar surface area (TPSA) is 103 Å². The van der Waals surface area contributed by atoms with Crippen molar-refractivity contribution in [3.8, 4) is 11.8 Å². The molecule has 0 saturated carbocycles. The fourth-order valence-electron chi connectivity index (χ4n) is 2.02. The van der Waals surface area contributed by atoms with Crippen LogP contribution in [0.4, 0.5) is 5.69 Å². The van der Waals surface area contributed by atoms with Gasteiger partial charge in [0.15, 0.2) is 6.61 Å². The summed E-state index contributed by atoms with van der Waals surface area (Å²) in [4.78, 5) is 23.4. The number of nitrogens with one attached hydrogen (secondary N) is 3. The average molecular weight is 352 g/mol. The van der Waals surface area contributed by atoms with E-state index < -0.39 is 11.8 Å². The molecule has 7 nitrogen and oxygen atoms in total. The quantitative estimate of drug-likeness (QED) is 0.688. The van der Waals surface area contributed by atoms with E-state index in [1.807, 2.05) is 32.0 Å². The van der Waals surface area contributed by atoms with Crippen LogP contribution >= 0.6 is 0 Å². The highest BCUT2D eigenvalue weighted by molar-refractivity contribution is 5.85. The molecular formula is C19H20N4O3. The van der Waals surface area contributed by atoms with E-state index in [-0.39, 0.29) is 13.2 Å². The lowest BCUT2D eigenvalue weighted by atomic mass is 10.1. The van der Waals surface area contributed by atoms with Crippen molar-refractivity contribution in [1.29, 1.82) is 5.26 Å². The van der Waals surface area contributed by atoms with Gasteiger partial charge in [-0.15, -0.1) is 0 Å². The molecule has 3 N–H and O–H groups in total. The summed E-state index contributed by atoms with van der Waals surface area (Å²) in [6.45, 7) is 3.73. The molecule has 2 amide bonds. The molecule has 0 atom stereocenters. The number of nitrogens with zero attached hydrogens (tertiary/aromatic N) is 1. The number of hydrogen-bond acceptors (Lipinski definition) is 5. The predicted molar refractivity (Wildman–Crippen MR) is 97.3 cm³/mol. The van der Waals surface area contributed by atoms with Crippen LogP contribution in [0.25, 0.3) is 0 Å². The molecule has 134 valence electrons. The Kier molecular flexibility index (Phi) is 6.57. The molecule has 0 aromatic heterocycles. The van der Waals surface area contributed by atoms with E-state index >= 15 is 0 Å². The third-order valence-electron chi connectivity index (χ3n) is 3.66. The van der Waals surface area contributed by atoms with Crippen LogP contribution in [0.15, 0.2) is 42.5 Å². The standard InChI is InChI=1S/C19H20N4O3/c1-13-3-8-17(9-14(13)2)26-12-19(25)23-22-18(24)11-21-16-6-4-15(10-20)5-7-16/h3-9,21H,11-12H2,1-2H3,(H,22,24)(H,23,25). The number of aryl methyl sites for hydroxylation is 2. The highest BCUT2D eigenvalue weighted by atomic mass is 16.5. The number of ether oxygens (including phenoxy) is 1. The number of nitriles is 1. The molecule has 7 heteroatoms. The van der Waals surface area contributed by atoms with Gasteiger partial charge in [-0.25, -0.2) is 0 Å². The van der Waals surface area contributed by atoms with E-state index in [9.17, 15) is 9.59 Å². The number of benzene rings is 2. The van der Waals surface area contributed by atoms with E-state index in [1.54, 1.807) is 30.3 Å². The Morgan fingerprint density at radius 1 is 1.00 bits per heavy atom. The number of carbonyl (C=O) groups excluding carboxylic acids is 2. The van der Waals surface area contributed by atoms with Crippen LogP contribution < -0.4 is 20.9 Å². The fraction of sp³-hybridized carbons (Fsp3) is 0.211. The minimum atomic E-state index is -0.463. The van der Waals surface area contributed by atoms with Crippen LogP contribution in [0, 0.1) is 25.2 Å². The lowest BCUT2D eigenvalue weighted by Gasteiger charge is -2.10. The zero-order valence-corrected chi connectivity index (χ0v) is 14.6. The average Bonchev–Trinajstić information content (AvgIpc) is 2.66. The molecule has 0 aliphatic carbocycles. The van der Waals surface area contributed by atoms with E-state index in [2.05, 4.69) is 16.2 Å². The van der Waals surface area contributed by atoms with Gasteiger partial charge in [0.05, 0.1) is 18.2 Å². The summed E-state index contributed by atoms with van der Waals surface area (Å²) in [5, 5.41) is 11.6. The van der Waals surface area contributed by atoms with Crippen molar-refractivity contribution >= 4 is 17.5 Å². The van der Waals surface area contributed by atoms with Crippen LogP contribution in [0.3, 0.4) is 0 Å². The second-order valence-electron chi connectivity index (χ2n) is 5.67. The van der Waals surface area contributed by atoms with Crippen LogP contribution in [0.1, 0.15) is 16.7 Å². The van der Waals surface area contributed by atoms with Gasteiger partial charge >= 0.3 is 0 Å². The Labute approximate surface area is 151 Å². The smallest absolute Gasteiger partial charge is 0.276 e. The Morgan fingerprint density at radius 2 is 1.69 bits per heavy atom. The zero-order valence-electron chi connectivity index (χ0n) is 14.6. The summed E-state index contributed by atoms with van der Waals surface area (Å²) in [6.07, 6.45) is 0. The maximum Gasteiger partial charge on any atom is 0.276 e. The molecule has 0 heterocycles. The molecule has 0 aliphatic rings. The first kappa shape index (κ1) is 18.8. The largest absolute Gasteiger partial charge is 0.484 e. The van der Waals surface area contributed by atoms with Crippen molar-refractivity contribution in [1.82, 2.24) is 10.9 Å². The van der Waals surface area contributed by atoms with E-state index in [4.69, 9.17) is 10.00 Å². The third kappa shape index (κ3) is 5.83. The van der Waals surface area contributed by atoms with E-state index in [0.717, 1.165) is 11.1 Å². The first-order valence-electron chi connectivity index (χ1n) is 7.99. The summed E-state index contributed by atoms with van der Waals surface area (Å²) < 4.78 is 5.38. The van der Waals surface area contributed by atoms with Gasteiger partial charge in [0.2, 0.25) is 0 Å². The number of hydrazine groups is 1. The molecular weight excluding hydrogens is 332 g/mol. The molecule has 2 rings (SSSR count). The van der Waals surface area contributed by atoms with E-state index in [1.165, 1.54) is 0 Å². The number of rotatable bonds is 6. The van der Waals surface area contributed by atoms with Gasteiger partial charge < -0.3 is 10.1 Å². The SMILES string of the molecule is Cc1ccc(OCC(=O)NNC(=O)CNc2ccc(C#N)cc2)cc1C.